The van der Waals surface area contributed by atoms with Crippen LogP contribution in [0.15, 0.2) is 24.3 Å². The standard InChI is InChI=1S/C14H14ClN3/c1-10-17-13(9-16)14(18(10)2)8-5-11-3-6-12(15)7-4-11/h3-4,6-7H,5,8H2,1-2H3. The van der Waals surface area contributed by atoms with E-state index in [2.05, 4.69) is 11.1 Å². The number of aromatic nitrogens is 2. The zero-order valence-electron chi connectivity index (χ0n) is 10.4. The van der Waals surface area contributed by atoms with Gasteiger partial charge in [-0.15, -0.1) is 0 Å². The van der Waals surface area contributed by atoms with Crippen molar-refractivity contribution in [1.29, 1.82) is 5.26 Å². The van der Waals surface area contributed by atoms with Crippen molar-refractivity contribution >= 4 is 11.6 Å². The Bertz CT molecular complexity index is 591. The Hall–Kier alpha value is -1.79. The van der Waals surface area contributed by atoms with E-state index in [0.717, 1.165) is 29.4 Å². The van der Waals surface area contributed by atoms with Crippen molar-refractivity contribution in [3.63, 3.8) is 0 Å². The fourth-order valence-corrected chi connectivity index (χ4v) is 2.07. The first-order chi connectivity index (χ1) is 8.61. The Balaban J connectivity index is 2.15. The van der Waals surface area contributed by atoms with Crippen LogP contribution in [-0.2, 0) is 19.9 Å². The molecule has 0 fully saturated rings. The molecular weight excluding hydrogens is 246 g/mol. The fourth-order valence-electron chi connectivity index (χ4n) is 1.94. The van der Waals surface area contributed by atoms with Gasteiger partial charge in [0.2, 0.25) is 0 Å². The summed E-state index contributed by atoms with van der Waals surface area (Å²) in [5.41, 5.74) is 2.73. The molecule has 0 unspecified atom stereocenters. The fraction of sp³-hybridized carbons (Fsp3) is 0.286. The lowest BCUT2D eigenvalue weighted by atomic mass is 10.1. The van der Waals surface area contributed by atoms with Gasteiger partial charge in [0.05, 0.1) is 5.69 Å². The number of hydrogen-bond acceptors (Lipinski definition) is 2. The third kappa shape index (κ3) is 2.55. The van der Waals surface area contributed by atoms with Gasteiger partial charge in [0.1, 0.15) is 11.9 Å². The van der Waals surface area contributed by atoms with E-state index >= 15 is 0 Å². The van der Waals surface area contributed by atoms with Crippen molar-refractivity contribution in [2.75, 3.05) is 0 Å². The highest BCUT2D eigenvalue weighted by atomic mass is 35.5. The number of nitriles is 1. The molecular formula is C14H14ClN3. The van der Waals surface area contributed by atoms with Crippen molar-refractivity contribution in [2.24, 2.45) is 7.05 Å². The van der Waals surface area contributed by atoms with Crippen LogP contribution in [-0.4, -0.2) is 9.55 Å². The number of imidazole rings is 1. The van der Waals surface area contributed by atoms with Gasteiger partial charge in [-0.2, -0.15) is 5.26 Å². The first-order valence-corrected chi connectivity index (χ1v) is 6.16. The summed E-state index contributed by atoms with van der Waals surface area (Å²) in [4.78, 5) is 4.24. The number of rotatable bonds is 3. The minimum atomic E-state index is 0.531. The minimum Gasteiger partial charge on any atom is -0.334 e. The Morgan fingerprint density at radius 1 is 1.28 bits per heavy atom. The van der Waals surface area contributed by atoms with Gasteiger partial charge in [-0.3, -0.25) is 0 Å². The third-order valence-corrected chi connectivity index (χ3v) is 3.36. The van der Waals surface area contributed by atoms with E-state index in [1.807, 2.05) is 42.8 Å². The molecule has 18 heavy (non-hydrogen) atoms. The third-order valence-electron chi connectivity index (χ3n) is 3.11. The van der Waals surface area contributed by atoms with Gasteiger partial charge >= 0.3 is 0 Å². The Labute approximate surface area is 112 Å². The van der Waals surface area contributed by atoms with Gasteiger partial charge in [0.15, 0.2) is 5.69 Å². The van der Waals surface area contributed by atoms with Crippen LogP contribution in [0.1, 0.15) is 22.8 Å². The molecule has 0 atom stereocenters. The average molecular weight is 260 g/mol. The lowest BCUT2D eigenvalue weighted by Gasteiger charge is -2.04. The van der Waals surface area contributed by atoms with Crippen molar-refractivity contribution in [3.8, 4) is 6.07 Å². The second-order valence-electron chi connectivity index (χ2n) is 4.25. The van der Waals surface area contributed by atoms with E-state index in [1.165, 1.54) is 5.56 Å². The van der Waals surface area contributed by atoms with E-state index in [1.54, 1.807) is 0 Å². The van der Waals surface area contributed by atoms with Gasteiger partial charge < -0.3 is 4.57 Å². The predicted molar refractivity (Wildman–Crippen MR) is 71.5 cm³/mol. The molecule has 1 aromatic heterocycles. The molecule has 0 amide bonds. The van der Waals surface area contributed by atoms with Crippen molar-refractivity contribution < 1.29 is 0 Å². The lowest BCUT2D eigenvalue weighted by Crippen LogP contribution is -2.02. The molecule has 0 radical (unpaired) electrons. The molecule has 1 heterocycles. The molecule has 4 heteroatoms. The SMILES string of the molecule is Cc1nc(C#N)c(CCc2ccc(Cl)cc2)n1C. The maximum Gasteiger partial charge on any atom is 0.161 e. The van der Waals surface area contributed by atoms with Crippen molar-refractivity contribution in [3.05, 3.63) is 52.1 Å². The summed E-state index contributed by atoms with van der Waals surface area (Å²) in [5.74, 6) is 0.873. The van der Waals surface area contributed by atoms with Gasteiger partial charge in [0.25, 0.3) is 0 Å². The molecule has 92 valence electrons. The van der Waals surface area contributed by atoms with Crippen LogP contribution in [0.25, 0.3) is 0 Å². The normalized spacial score (nSPS) is 10.3. The van der Waals surface area contributed by atoms with Crippen LogP contribution in [0.3, 0.4) is 0 Å². The first kappa shape index (κ1) is 12.7. The number of hydrogen-bond donors (Lipinski definition) is 0. The number of aryl methyl sites for hydroxylation is 2. The average Bonchev–Trinajstić information content (AvgIpc) is 2.65. The van der Waals surface area contributed by atoms with Crippen LogP contribution < -0.4 is 0 Å². The van der Waals surface area contributed by atoms with Crippen LogP contribution in [0.5, 0.6) is 0 Å². The summed E-state index contributed by atoms with van der Waals surface area (Å²) in [6.45, 7) is 1.91. The van der Waals surface area contributed by atoms with E-state index in [-0.39, 0.29) is 0 Å². The predicted octanol–water partition coefficient (Wildman–Crippen LogP) is 3.04. The van der Waals surface area contributed by atoms with Gasteiger partial charge in [-0.1, -0.05) is 23.7 Å². The molecule has 0 N–H and O–H groups in total. The lowest BCUT2D eigenvalue weighted by molar-refractivity contribution is 0.771. The van der Waals surface area contributed by atoms with Crippen LogP contribution in [0, 0.1) is 18.3 Å². The summed E-state index contributed by atoms with van der Waals surface area (Å²) in [6.07, 6.45) is 1.69. The molecule has 0 aliphatic heterocycles. The monoisotopic (exact) mass is 259 g/mol. The van der Waals surface area contributed by atoms with Gasteiger partial charge in [-0.05, 0) is 37.5 Å². The van der Waals surface area contributed by atoms with Crippen molar-refractivity contribution in [2.45, 2.75) is 19.8 Å². The first-order valence-electron chi connectivity index (χ1n) is 5.78. The second kappa shape index (κ2) is 5.24. The number of nitrogens with zero attached hydrogens (tertiary/aromatic N) is 3. The molecule has 1 aromatic carbocycles. The molecule has 0 spiro atoms. The number of benzene rings is 1. The molecule has 0 saturated heterocycles. The molecule has 2 aromatic rings. The smallest absolute Gasteiger partial charge is 0.161 e. The Morgan fingerprint density at radius 3 is 2.56 bits per heavy atom. The summed E-state index contributed by atoms with van der Waals surface area (Å²) in [7, 11) is 1.94. The van der Waals surface area contributed by atoms with Crippen LogP contribution in [0.4, 0.5) is 0 Å². The number of halogens is 1. The topological polar surface area (TPSA) is 41.6 Å². The zero-order chi connectivity index (χ0) is 13.1. The zero-order valence-corrected chi connectivity index (χ0v) is 11.2. The van der Waals surface area contributed by atoms with E-state index in [9.17, 15) is 0 Å². The highest BCUT2D eigenvalue weighted by Gasteiger charge is 2.11. The largest absolute Gasteiger partial charge is 0.334 e. The summed E-state index contributed by atoms with van der Waals surface area (Å²) in [5, 5.41) is 9.79. The minimum absolute atomic E-state index is 0.531. The summed E-state index contributed by atoms with van der Waals surface area (Å²) >= 11 is 5.85. The van der Waals surface area contributed by atoms with Crippen LogP contribution in [0.2, 0.25) is 5.02 Å². The van der Waals surface area contributed by atoms with Crippen molar-refractivity contribution in [1.82, 2.24) is 9.55 Å². The molecule has 0 aliphatic carbocycles. The van der Waals surface area contributed by atoms with E-state index < -0.39 is 0 Å². The maximum absolute atomic E-state index is 9.05. The van der Waals surface area contributed by atoms with Gasteiger partial charge in [0, 0.05) is 12.1 Å². The summed E-state index contributed by atoms with van der Waals surface area (Å²) in [6, 6.07) is 9.94. The highest BCUT2D eigenvalue weighted by molar-refractivity contribution is 6.30. The second-order valence-corrected chi connectivity index (χ2v) is 4.69. The summed E-state index contributed by atoms with van der Waals surface area (Å²) < 4.78 is 1.98. The van der Waals surface area contributed by atoms with E-state index in [4.69, 9.17) is 16.9 Å². The quantitative estimate of drug-likeness (QED) is 0.850. The van der Waals surface area contributed by atoms with Crippen LogP contribution >= 0.6 is 11.6 Å². The highest BCUT2D eigenvalue weighted by Crippen LogP contribution is 2.15. The maximum atomic E-state index is 9.05. The molecule has 0 aliphatic rings. The molecule has 0 saturated carbocycles. The van der Waals surface area contributed by atoms with Gasteiger partial charge in [-0.25, -0.2) is 4.98 Å². The Morgan fingerprint density at radius 2 is 1.94 bits per heavy atom. The molecule has 3 nitrogen and oxygen atoms in total. The van der Waals surface area contributed by atoms with E-state index in [0.29, 0.717) is 5.69 Å². The molecule has 0 bridgehead atoms. The Kier molecular flexibility index (Phi) is 3.69. The molecule has 2 rings (SSSR count).